The molecule has 9 nitrogen and oxygen atoms in total. The van der Waals surface area contributed by atoms with Gasteiger partial charge in [-0.05, 0) is 30.3 Å². The molecule has 0 saturated carbocycles. The smallest absolute Gasteiger partial charge is 0.289 e. The van der Waals surface area contributed by atoms with Crippen molar-refractivity contribution >= 4 is 17.6 Å². The number of amides is 2. The van der Waals surface area contributed by atoms with Crippen molar-refractivity contribution in [3.8, 4) is 0 Å². The molecule has 3 aromatic rings. The van der Waals surface area contributed by atoms with Gasteiger partial charge in [-0.15, -0.1) is 0 Å². The Hall–Kier alpha value is -3.62. The molecule has 2 amide bonds. The zero-order valence-corrected chi connectivity index (χ0v) is 16.6. The predicted molar refractivity (Wildman–Crippen MR) is 108 cm³/mol. The van der Waals surface area contributed by atoms with Crippen molar-refractivity contribution in [2.75, 3.05) is 25.0 Å². The second-order valence-electron chi connectivity index (χ2n) is 7.68. The molecule has 30 heavy (non-hydrogen) atoms. The first-order valence-corrected chi connectivity index (χ1v) is 9.92. The van der Waals surface area contributed by atoms with Crippen LogP contribution in [0, 0.1) is 0 Å². The number of rotatable bonds is 3. The summed E-state index contributed by atoms with van der Waals surface area (Å²) >= 11 is 0. The van der Waals surface area contributed by atoms with Gasteiger partial charge in [0.1, 0.15) is 17.2 Å². The fraction of sp³-hybridized carbons (Fsp3) is 0.333. The number of hydrogen-bond acceptors (Lipinski definition) is 6. The van der Waals surface area contributed by atoms with Crippen LogP contribution in [0.4, 0.5) is 5.82 Å². The number of likely N-dealkylation sites (tertiary alicyclic amines) is 1. The standard InChI is InChI=1S/C21H22N6O3/c1-25-18-16(4-2-9-22-18)19(28)24-21(25)7-12-26(13-8-21)20(29)17-6-5-15(30-17)14-27-11-3-10-23-27/h2-6,9-11H,7-8,12-14H2,1H3,(H,24,28). The third kappa shape index (κ3) is 3.02. The quantitative estimate of drug-likeness (QED) is 0.712. The zero-order chi connectivity index (χ0) is 20.7. The van der Waals surface area contributed by atoms with Crippen LogP contribution in [0.25, 0.3) is 0 Å². The molecule has 1 fully saturated rings. The summed E-state index contributed by atoms with van der Waals surface area (Å²) in [6, 6.07) is 8.89. The Bertz CT molecular complexity index is 1080. The van der Waals surface area contributed by atoms with Crippen LogP contribution >= 0.6 is 0 Å². The Morgan fingerprint density at radius 3 is 2.80 bits per heavy atom. The Morgan fingerprint density at radius 1 is 1.20 bits per heavy atom. The van der Waals surface area contributed by atoms with E-state index in [1.807, 2.05) is 24.2 Å². The van der Waals surface area contributed by atoms with Gasteiger partial charge in [-0.25, -0.2) is 4.98 Å². The predicted octanol–water partition coefficient (Wildman–Crippen LogP) is 1.73. The van der Waals surface area contributed by atoms with E-state index in [4.69, 9.17) is 4.42 Å². The fourth-order valence-electron chi connectivity index (χ4n) is 4.23. The van der Waals surface area contributed by atoms with E-state index in [0.717, 1.165) is 0 Å². The number of nitrogens with zero attached hydrogens (tertiary/aromatic N) is 5. The van der Waals surface area contributed by atoms with Crippen LogP contribution in [-0.2, 0) is 6.54 Å². The number of nitrogens with one attached hydrogen (secondary N) is 1. The van der Waals surface area contributed by atoms with Crippen molar-refractivity contribution in [3.63, 3.8) is 0 Å². The lowest BCUT2D eigenvalue weighted by molar-refractivity contribution is 0.0580. The number of carbonyl (C=O) groups is 2. The summed E-state index contributed by atoms with van der Waals surface area (Å²) in [5, 5.41) is 7.29. The lowest BCUT2D eigenvalue weighted by Crippen LogP contribution is -2.67. The highest BCUT2D eigenvalue weighted by Crippen LogP contribution is 2.35. The minimum Gasteiger partial charge on any atom is -0.454 e. The van der Waals surface area contributed by atoms with Gasteiger partial charge in [0.15, 0.2) is 5.76 Å². The third-order valence-electron chi connectivity index (χ3n) is 5.96. The van der Waals surface area contributed by atoms with Gasteiger partial charge in [0.2, 0.25) is 0 Å². The van der Waals surface area contributed by atoms with E-state index < -0.39 is 5.66 Å². The molecular formula is C21H22N6O3. The number of aromatic nitrogens is 3. The molecule has 2 aliphatic heterocycles. The van der Waals surface area contributed by atoms with Gasteiger partial charge in [0.25, 0.3) is 11.8 Å². The zero-order valence-electron chi connectivity index (χ0n) is 16.6. The first kappa shape index (κ1) is 18.4. The maximum Gasteiger partial charge on any atom is 0.289 e. The van der Waals surface area contributed by atoms with Crippen molar-refractivity contribution < 1.29 is 14.0 Å². The van der Waals surface area contributed by atoms with Gasteiger partial charge < -0.3 is 19.5 Å². The molecule has 154 valence electrons. The highest BCUT2D eigenvalue weighted by Gasteiger charge is 2.45. The lowest BCUT2D eigenvalue weighted by atomic mass is 9.91. The number of furan rings is 1. The van der Waals surface area contributed by atoms with E-state index in [1.54, 1.807) is 46.2 Å². The number of pyridine rings is 1. The maximum absolute atomic E-state index is 12.9. The van der Waals surface area contributed by atoms with E-state index in [1.165, 1.54) is 0 Å². The van der Waals surface area contributed by atoms with Crippen LogP contribution in [0.5, 0.6) is 0 Å². The van der Waals surface area contributed by atoms with Gasteiger partial charge in [-0.2, -0.15) is 5.10 Å². The number of piperidine rings is 1. The van der Waals surface area contributed by atoms with Crippen LogP contribution in [0.3, 0.4) is 0 Å². The Morgan fingerprint density at radius 2 is 2.03 bits per heavy atom. The third-order valence-corrected chi connectivity index (χ3v) is 5.96. The molecule has 0 aromatic carbocycles. The molecule has 5 heterocycles. The number of fused-ring (bicyclic) bond motifs is 1. The fourth-order valence-corrected chi connectivity index (χ4v) is 4.23. The molecule has 1 saturated heterocycles. The van der Waals surface area contributed by atoms with Crippen LogP contribution in [0.15, 0.2) is 53.3 Å². The summed E-state index contributed by atoms with van der Waals surface area (Å²) in [6.45, 7) is 1.51. The molecule has 0 atom stereocenters. The molecular weight excluding hydrogens is 384 g/mol. The molecule has 0 aliphatic carbocycles. The summed E-state index contributed by atoms with van der Waals surface area (Å²) in [5.74, 6) is 1.42. The number of carbonyl (C=O) groups excluding carboxylic acids is 2. The first-order chi connectivity index (χ1) is 14.6. The highest BCUT2D eigenvalue weighted by molar-refractivity contribution is 6.01. The molecule has 9 heteroatoms. The van der Waals surface area contributed by atoms with Gasteiger partial charge in [-0.1, -0.05) is 0 Å². The molecule has 2 aliphatic rings. The van der Waals surface area contributed by atoms with Crippen molar-refractivity contribution in [3.05, 3.63) is 66.0 Å². The largest absolute Gasteiger partial charge is 0.454 e. The molecule has 5 rings (SSSR count). The second-order valence-corrected chi connectivity index (χ2v) is 7.68. The number of hydrogen-bond donors (Lipinski definition) is 1. The van der Waals surface area contributed by atoms with Crippen molar-refractivity contribution in [1.29, 1.82) is 0 Å². The van der Waals surface area contributed by atoms with Crippen LogP contribution in [-0.4, -0.2) is 57.3 Å². The molecule has 1 spiro atoms. The SMILES string of the molecule is CN1c2ncccc2C(=O)NC12CCN(C(=O)c1ccc(Cn3cccn3)o1)CC2. The Kier molecular flexibility index (Phi) is 4.30. The van der Waals surface area contributed by atoms with Gasteiger partial charge in [0.05, 0.1) is 12.1 Å². The maximum atomic E-state index is 12.9. The summed E-state index contributed by atoms with van der Waals surface area (Å²) in [7, 11) is 1.94. The minimum absolute atomic E-state index is 0.120. The molecule has 3 aromatic heterocycles. The van der Waals surface area contributed by atoms with E-state index in [0.29, 0.717) is 55.4 Å². The van der Waals surface area contributed by atoms with Gasteiger partial charge in [-0.3, -0.25) is 14.3 Å². The highest BCUT2D eigenvalue weighted by atomic mass is 16.4. The summed E-state index contributed by atoms with van der Waals surface area (Å²) in [6.07, 6.45) is 6.46. The molecule has 0 unspecified atom stereocenters. The van der Waals surface area contributed by atoms with Crippen molar-refractivity contribution in [1.82, 2.24) is 25.0 Å². The van der Waals surface area contributed by atoms with E-state index in [-0.39, 0.29) is 11.8 Å². The van der Waals surface area contributed by atoms with E-state index in [9.17, 15) is 9.59 Å². The Balaban J connectivity index is 1.28. The van der Waals surface area contributed by atoms with Crippen LogP contribution in [0.2, 0.25) is 0 Å². The second kappa shape index (κ2) is 7.01. The average Bonchev–Trinajstić information content (AvgIpc) is 3.45. The van der Waals surface area contributed by atoms with E-state index in [2.05, 4.69) is 15.4 Å². The van der Waals surface area contributed by atoms with Gasteiger partial charge >= 0.3 is 0 Å². The number of anilines is 1. The van der Waals surface area contributed by atoms with Crippen LogP contribution < -0.4 is 10.2 Å². The van der Waals surface area contributed by atoms with Crippen molar-refractivity contribution in [2.24, 2.45) is 0 Å². The average molecular weight is 406 g/mol. The summed E-state index contributed by atoms with van der Waals surface area (Å²) < 4.78 is 7.49. The summed E-state index contributed by atoms with van der Waals surface area (Å²) in [5.41, 5.74) is 0.0355. The lowest BCUT2D eigenvalue weighted by Gasteiger charge is -2.50. The van der Waals surface area contributed by atoms with Crippen molar-refractivity contribution in [2.45, 2.75) is 25.0 Å². The minimum atomic E-state index is -0.538. The van der Waals surface area contributed by atoms with Crippen LogP contribution in [0.1, 0.15) is 39.5 Å². The molecule has 0 radical (unpaired) electrons. The van der Waals surface area contributed by atoms with E-state index >= 15 is 0 Å². The first-order valence-electron chi connectivity index (χ1n) is 9.92. The Labute approximate surface area is 173 Å². The normalized spacial score (nSPS) is 17.7. The topological polar surface area (TPSA) is 96.5 Å². The molecule has 0 bridgehead atoms. The van der Waals surface area contributed by atoms with Gasteiger partial charge in [0, 0.05) is 51.6 Å². The summed E-state index contributed by atoms with van der Waals surface area (Å²) in [4.78, 5) is 33.7. The monoisotopic (exact) mass is 406 g/mol. The molecule has 1 N–H and O–H groups in total.